The second-order valence-corrected chi connectivity index (χ2v) is 6.47. The van der Waals surface area contributed by atoms with Gasteiger partial charge in [0.2, 0.25) is 0 Å². The molecule has 1 aromatic heterocycles. The minimum Gasteiger partial charge on any atom is -0.494 e. The van der Waals surface area contributed by atoms with Gasteiger partial charge in [0, 0.05) is 18.0 Å². The second kappa shape index (κ2) is 7.49. The number of rotatable bonds is 5. The number of hydrogen-bond donors (Lipinski definition) is 0. The van der Waals surface area contributed by atoms with Crippen LogP contribution in [0.5, 0.6) is 5.75 Å². The van der Waals surface area contributed by atoms with Gasteiger partial charge in [-0.2, -0.15) is 0 Å². The van der Waals surface area contributed by atoms with Gasteiger partial charge in [0.05, 0.1) is 12.2 Å². The van der Waals surface area contributed by atoms with Gasteiger partial charge in [0.25, 0.3) is 5.91 Å². The Bertz CT molecular complexity index is 723. The van der Waals surface area contributed by atoms with Crippen LogP contribution in [0.1, 0.15) is 27.7 Å². The highest BCUT2D eigenvalue weighted by Crippen LogP contribution is 2.24. The van der Waals surface area contributed by atoms with Gasteiger partial charge < -0.3 is 14.4 Å². The van der Waals surface area contributed by atoms with Crippen molar-refractivity contribution in [1.29, 1.82) is 0 Å². The lowest BCUT2D eigenvalue weighted by Gasteiger charge is -2.26. The van der Waals surface area contributed by atoms with Gasteiger partial charge in [-0.05, 0) is 54.6 Å². The van der Waals surface area contributed by atoms with Crippen LogP contribution in [0.25, 0.3) is 0 Å². The maximum Gasteiger partial charge on any atom is 0.338 e. The highest BCUT2D eigenvalue weighted by Gasteiger charge is 2.22. The summed E-state index contributed by atoms with van der Waals surface area (Å²) in [5, 5.41) is 2.05. The Morgan fingerprint density at radius 1 is 1.21 bits per heavy atom. The van der Waals surface area contributed by atoms with Gasteiger partial charge in [-0.3, -0.25) is 4.79 Å². The molecule has 5 nitrogen and oxygen atoms in total. The van der Waals surface area contributed by atoms with Crippen LogP contribution in [0, 0.1) is 0 Å². The molecule has 1 aromatic carbocycles. The Balaban J connectivity index is 1.51. The molecule has 6 heteroatoms. The molecule has 0 radical (unpaired) electrons. The summed E-state index contributed by atoms with van der Waals surface area (Å²) in [6, 6.07) is 8.74. The standard InChI is InChI=1S/C18H19NO4S/c1-2-22-15-5-3-13(4-6-15)18(21)23-12-17(20)19-9-7-16-14(11-19)8-10-24-16/h3-6,8,10H,2,7,9,11-12H2,1H3. The largest absolute Gasteiger partial charge is 0.494 e. The highest BCUT2D eigenvalue weighted by atomic mass is 32.1. The molecule has 0 saturated heterocycles. The fourth-order valence-electron chi connectivity index (χ4n) is 2.62. The first-order valence-corrected chi connectivity index (χ1v) is 8.78. The van der Waals surface area contributed by atoms with Crippen molar-refractivity contribution in [2.45, 2.75) is 19.9 Å². The van der Waals surface area contributed by atoms with Crippen LogP contribution in [-0.2, 0) is 22.5 Å². The van der Waals surface area contributed by atoms with Crippen LogP contribution in [0.15, 0.2) is 35.7 Å². The molecule has 0 aliphatic carbocycles. The first-order chi connectivity index (χ1) is 11.7. The quantitative estimate of drug-likeness (QED) is 0.782. The Morgan fingerprint density at radius 3 is 2.75 bits per heavy atom. The minimum absolute atomic E-state index is 0.161. The number of nitrogens with zero attached hydrogens (tertiary/aromatic N) is 1. The van der Waals surface area contributed by atoms with Crippen molar-refractivity contribution in [3.05, 3.63) is 51.7 Å². The van der Waals surface area contributed by atoms with Crippen LogP contribution >= 0.6 is 11.3 Å². The summed E-state index contributed by atoms with van der Waals surface area (Å²) in [7, 11) is 0. The van der Waals surface area contributed by atoms with E-state index in [9.17, 15) is 9.59 Å². The molecule has 0 fully saturated rings. The van der Waals surface area contributed by atoms with Crippen LogP contribution in [0.4, 0.5) is 0 Å². The fraction of sp³-hybridized carbons (Fsp3) is 0.333. The molecule has 1 aliphatic heterocycles. The molecule has 3 rings (SSSR count). The number of benzene rings is 1. The lowest BCUT2D eigenvalue weighted by Crippen LogP contribution is -2.38. The van der Waals surface area contributed by atoms with Crippen molar-refractivity contribution < 1.29 is 19.1 Å². The summed E-state index contributed by atoms with van der Waals surface area (Å²) < 4.78 is 10.5. The predicted molar refractivity (Wildman–Crippen MR) is 91.3 cm³/mol. The average Bonchev–Trinajstić information content (AvgIpc) is 3.08. The number of carbonyl (C=O) groups excluding carboxylic acids is 2. The third kappa shape index (κ3) is 3.76. The van der Waals surface area contributed by atoms with E-state index in [4.69, 9.17) is 9.47 Å². The van der Waals surface area contributed by atoms with E-state index in [1.165, 1.54) is 10.4 Å². The topological polar surface area (TPSA) is 55.8 Å². The Kier molecular flexibility index (Phi) is 5.15. The Morgan fingerprint density at radius 2 is 2.00 bits per heavy atom. The number of thiophene rings is 1. The van der Waals surface area contributed by atoms with E-state index in [0.717, 1.165) is 6.42 Å². The molecule has 1 amide bonds. The molecule has 2 aromatic rings. The molecule has 0 unspecified atom stereocenters. The molecule has 0 N–H and O–H groups in total. The predicted octanol–water partition coefficient (Wildman–Crippen LogP) is 2.89. The zero-order valence-corrected chi connectivity index (χ0v) is 14.3. The van der Waals surface area contributed by atoms with Crippen molar-refractivity contribution in [1.82, 2.24) is 4.90 Å². The molecule has 1 aliphatic rings. The molecule has 0 saturated carbocycles. The van der Waals surface area contributed by atoms with Gasteiger partial charge in [-0.25, -0.2) is 4.79 Å². The van der Waals surface area contributed by atoms with Crippen molar-refractivity contribution in [2.75, 3.05) is 19.8 Å². The fourth-order valence-corrected chi connectivity index (χ4v) is 3.51. The number of hydrogen-bond acceptors (Lipinski definition) is 5. The van der Waals surface area contributed by atoms with E-state index in [0.29, 0.717) is 31.0 Å². The molecular weight excluding hydrogens is 326 g/mol. The van der Waals surface area contributed by atoms with E-state index in [-0.39, 0.29) is 12.5 Å². The summed E-state index contributed by atoms with van der Waals surface area (Å²) in [5.74, 6) is 0.0378. The number of ether oxygens (including phenoxy) is 2. The smallest absolute Gasteiger partial charge is 0.338 e. The SMILES string of the molecule is CCOc1ccc(C(=O)OCC(=O)N2CCc3sccc3C2)cc1. The van der Waals surface area contributed by atoms with E-state index >= 15 is 0 Å². The Labute approximate surface area is 144 Å². The molecule has 0 atom stereocenters. The van der Waals surface area contributed by atoms with Gasteiger partial charge >= 0.3 is 5.97 Å². The van der Waals surface area contributed by atoms with Gasteiger partial charge in [-0.1, -0.05) is 0 Å². The molecule has 2 heterocycles. The van der Waals surface area contributed by atoms with Gasteiger partial charge in [0.15, 0.2) is 6.61 Å². The van der Waals surface area contributed by atoms with Gasteiger partial charge in [0.1, 0.15) is 5.75 Å². The normalized spacial score (nSPS) is 13.3. The highest BCUT2D eigenvalue weighted by molar-refractivity contribution is 7.10. The maximum atomic E-state index is 12.2. The number of esters is 1. The van der Waals surface area contributed by atoms with Gasteiger partial charge in [-0.15, -0.1) is 11.3 Å². The first kappa shape index (κ1) is 16.5. The summed E-state index contributed by atoms with van der Waals surface area (Å²) >= 11 is 1.73. The average molecular weight is 345 g/mol. The summed E-state index contributed by atoms with van der Waals surface area (Å²) in [4.78, 5) is 27.3. The zero-order valence-electron chi connectivity index (χ0n) is 13.5. The summed E-state index contributed by atoms with van der Waals surface area (Å²) in [6.07, 6.45) is 0.867. The molecular formula is C18H19NO4S. The Hall–Kier alpha value is -2.34. The van der Waals surface area contributed by atoms with E-state index in [2.05, 4.69) is 0 Å². The molecule has 0 spiro atoms. The first-order valence-electron chi connectivity index (χ1n) is 7.90. The van der Waals surface area contributed by atoms with Crippen molar-refractivity contribution in [2.24, 2.45) is 0 Å². The third-order valence-electron chi connectivity index (χ3n) is 3.89. The van der Waals surface area contributed by atoms with Crippen LogP contribution < -0.4 is 4.74 Å². The monoisotopic (exact) mass is 345 g/mol. The molecule has 0 bridgehead atoms. The summed E-state index contributed by atoms with van der Waals surface area (Å²) in [6.45, 7) is 3.50. The second-order valence-electron chi connectivity index (χ2n) is 5.47. The van der Waals surface area contributed by atoms with E-state index in [1.807, 2.05) is 18.4 Å². The van der Waals surface area contributed by atoms with Crippen LogP contribution in [0.2, 0.25) is 0 Å². The zero-order chi connectivity index (χ0) is 16.9. The van der Waals surface area contributed by atoms with Crippen molar-refractivity contribution >= 4 is 23.2 Å². The molecule has 126 valence electrons. The molecule has 24 heavy (non-hydrogen) atoms. The van der Waals surface area contributed by atoms with Crippen LogP contribution in [0.3, 0.4) is 0 Å². The van der Waals surface area contributed by atoms with Crippen LogP contribution in [-0.4, -0.2) is 36.5 Å². The van der Waals surface area contributed by atoms with Crippen molar-refractivity contribution in [3.63, 3.8) is 0 Å². The number of carbonyl (C=O) groups is 2. The third-order valence-corrected chi connectivity index (χ3v) is 4.91. The van der Waals surface area contributed by atoms with Crippen molar-refractivity contribution in [3.8, 4) is 5.75 Å². The number of fused-ring (bicyclic) bond motifs is 1. The minimum atomic E-state index is -0.500. The number of amides is 1. The summed E-state index contributed by atoms with van der Waals surface area (Å²) in [5.41, 5.74) is 1.60. The lowest BCUT2D eigenvalue weighted by atomic mass is 10.1. The van der Waals surface area contributed by atoms with E-state index < -0.39 is 5.97 Å². The van der Waals surface area contributed by atoms with E-state index in [1.54, 1.807) is 40.5 Å². The maximum absolute atomic E-state index is 12.2. The lowest BCUT2D eigenvalue weighted by molar-refractivity contribution is -0.135.